The molecule has 0 heterocycles. The van der Waals surface area contributed by atoms with Gasteiger partial charge in [0, 0.05) is 12.0 Å². The highest BCUT2D eigenvalue weighted by molar-refractivity contribution is 5.97. The van der Waals surface area contributed by atoms with E-state index in [-0.39, 0.29) is 5.78 Å². The van der Waals surface area contributed by atoms with Crippen molar-refractivity contribution in [2.24, 2.45) is 5.73 Å². The van der Waals surface area contributed by atoms with Crippen molar-refractivity contribution in [1.29, 1.82) is 0 Å². The number of hydrogen-bond acceptors (Lipinski definition) is 2. The van der Waals surface area contributed by atoms with Gasteiger partial charge in [0.05, 0.1) is 0 Å². The number of carbonyl (C=O) groups is 1. The van der Waals surface area contributed by atoms with Crippen LogP contribution in [0.4, 0.5) is 0 Å². The van der Waals surface area contributed by atoms with Crippen LogP contribution in [0, 0.1) is 20.8 Å². The van der Waals surface area contributed by atoms with E-state index in [4.69, 9.17) is 5.73 Å². The molecule has 0 fully saturated rings. The summed E-state index contributed by atoms with van der Waals surface area (Å²) in [5, 5.41) is 0. The van der Waals surface area contributed by atoms with E-state index in [1.165, 1.54) is 22.3 Å². The molecule has 110 valence electrons. The number of rotatable bonds is 5. The van der Waals surface area contributed by atoms with E-state index >= 15 is 0 Å². The molecule has 0 aromatic heterocycles. The first-order valence-electron chi connectivity index (χ1n) is 7.40. The number of ketones is 1. The van der Waals surface area contributed by atoms with Gasteiger partial charge in [-0.1, -0.05) is 42.0 Å². The average molecular weight is 281 g/mol. The predicted octanol–water partition coefficient (Wildman–Crippen LogP) is 3.54. The molecule has 0 aliphatic heterocycles. The summed E-state index contributed by atoms with van der Waals surface area (Å²) in [6, 6.07) is 12.1. The molecule has 2 aromatic rings. The summed E-state index contributed by atoms with van der Waals surface area (Å²) < 4.78 is 0. The van der Waals surface area contributed by atoms with Crippen molar-refractivity contribution >= 4 is 5.78 Å². The Morgan fingerprint density at radius 1 is 1.00 bits per heavy atom. The number of aryl methyl sites for hydroxylation is 3. The molecule has 2 heteroatoms. The van der Waals surface area contributed by atoms with Crippen LogP contribution in [0.25, 0.3) is 0 Å². The maximum atomic E-state index is 12.4. The van der Waals surface area contributed by atoms with Gasteiger partial charge in [0.15, 0.2) is 5.78 Å². The quantitative estimate of drug-likeness (QED) is 0.852. The van der Waals surface area contributed by atoms with E-state index < -0.39 is 0 Å². The monoisotopic (exact) mass is 281 g/mol. The third-order valence-corrected chi connectivity index (χ3v) is 3.89. The van der Waals surface area contributed by atoms with Crippen LogP contribution in [0.5, 0.6) is 0 Å². The van der Waals surface area contributed by atoms with Crippen LogP contribution in [0.15, 0.2) is 36.4 Å². The van der Waals surface area contributed by atoms with Crippen LogP contribution in [-0.2, 0) is 12.8 Å². The van der Waals surface area contributed by atoms with Gasteiger partial charge < -0.3 is 5.73 Å². The largest absolute Gasteiger partial charge is 0.330 e. The molecule has 21 heavy (non-hydrogen) atoms. The fraction of sp³-hybridized carbons (Fsp3) is 0.316. The molecule has 0 atom stereocenters. The molecule has 0 aliphatic rings. The molecule has 0 aliphatic carbocycles. The first-order chi connectivity index (χ1) is 10.0. The Morgan fingerprint density at radius 2 is 1.57 bits per heavy atom. The highest BCUT2D eigenvalue weighted by atomic mass is 16.1. The van der Waals surface area contributed by atoms with Gasteiger partial charge in [0.25, 0.3) is 0 Å². The Morgan fingerprint density at radius 3 is 2.10 bits per heavy atom. The van der Waals surface area contributed by atoms with Crippen LogP contribution < -0.4 is 5.73 Å². The second-order valence-corrected chi connectivity index (χ2v) is 5.71. The minimum atomic E-state index is 0.171. The molecule has 0 bridgehead atoms. The lowest BCUT2D eigenvalue weighted by Gasteiger charge is -2.11. The zero-order chi connectivity index (χ0) is 15.4. The number of hydrogen-bond donors (Lipinski definition) is 1. The summed E-state index contributed by atoms with van der Waals surface area (Å²) in [5.74, 6) is 0.171. The van der Waals surface area contributed by atoms with E-state index in [1.807, 2.05) is 24.3 Å². The van der Waals surface area contributed by atoms with Crippen molar-refractivity contribution in [3.63, 3.8) is 0 Å². The first-order valence-corrected chi connectivity index (χ1v) is 7.40. The molecule has 0 unspecified atom stereocenters. The van der Waals surface area contributed by atoms with Gasteiger partial charge in [-0.25, -0.2) is 0 Å². The zero-order valence-electron chi connectivity index (χ0n) is 13.1. The smallest absolute Gasteiger partial charge is 0.167 e. The fourth-order valence-corrected chi connectivity index (χ4v) is 2.78. The van der Waals surface area contributed by atoms with E-state index in [2.05, 4.69) is 32.9 Å². The lowest BCUT2D eigenvalue weighted by molar-refractivity contribution is 0.0992. The topological polar surface area (TPSA) is 43.1 Å². The molecule has 0 saturated heterocycles. The third-order valence-electron chi connectivity index (χ3n) is 3.89. The minimum Gasteiger partial charge on any atom is -0.330 e. The lowest BCUT2D eigenvalue weighted by atomic mass is 9.93. The second-order valence-electron chi connectivity index (χ2n) is 5.71. The van der Waals surface area contributed by atoms with Crippen molar-refractivity contribution < 1.29 is 4.79 Å². The summed E-state index contributed by atoms with van der Waals surface area (Å²) in [5.41, 5.74) is 12.3. The Bertz CT molecular complexity index is 618. The van der Waals surface area contributed by atoms with E-state index in [1.54, 1.807) is 0 Å². The van der Waals surface area contributed by atoms with Gasteiger partial charge in [-0.2, -0.15) is 0 Å². The van der Waals surface area contributed by atoms with Gasteiger partial charge >= 0.3 is 0 Å². The van der Waals surface area contributed by atoms with Crippen LogP contribution >= 0.6 is 0 Å². The molecular formula is C19H23NO. The summed E-state index contributed by atoms with van der Waals surface area (Å²) in [6.45, 7) is 6.87. The van der Waals surface area contributed by atoms with Crippen molar-refractivity contribution in [3.8, 4) is 0 Å². The van der Waals surface area contributed by atoms with Gasteiger partial charge in [-0.15, -0.1) is 0 Å². The van der Waals surface area contributed by atoms with E-state index in [9.17, 15) is 4.79 Å². The van der Waals surface area contributed by atoms with Crippen LogP contribution in [0.3, 0.4) is 0 Å². The predicted molar refractivity (Wildman–Crippen MR) is 87.9 cm³/mol. The van der Waals surface area contributed by atoms with Gasteiger partial charge in [-0.05, 0) is 56.0 Å². The van der Waals surface area contributed by atoms with Gasteiger partial charge in [-0.3, -0.25) is 4.79 Å². The number of carbonyl (C=O) groups excluding carboxylic acids is 1. The van der Waals surface area contributed by atoms with Crippen molar-refractivity contribution in [1.82, 2.24) is 0 Å². The SMILES string of the molecule is Cc1cc(C)c(CC(=O)c2ccc(CCN)cc2)c(C)c1. The Kier molecular flexibility index (Phi) is 4.92. The fourth-order valence-electron chi connectivity index (χ4n) is 2.78. The highest BCUT2D eigenvalue weighted by Crippen LogP contribution is 2.19. The molecule has 2 aromatic carbocycles. The molecular weight excluding hydrogens is 258 g/mol. The number of Topliss-reactive ketones (excluding diaryl/α,β-unsaturated/α-hetero) is 1. The molecule has 0 spiro atoms. The third kappa shape index (κ3) is 3.79. The molecule has 2 N–H and O–H groups in total. The second kappa shape index (κ2) is 6.68. The van der Waals surface area contributed by atoms with Crippen LogP contribution in [-0.4, -0.2) is 12.3 Å². The highest BCUT2D eigenvalue weighted by Gasteiger charge is 2.11. The van der Waals surface area contributed by atoms with Gasteiger partial charge in [0.1, 0.15) is 0 Å². The minimum absolute atomic E-state index is 0.171. The first kappa shape index (κ1) is 15.5. The maximum Gasteiger partial charge on any atom is 0.167 e. The summed E-state index contributed by atoms with van der Waals surface area (Å²) in [6.07, 6.45) is 1.32. The normalized spacial score (nSPS) is 10.7. The van der Waals surface area contributed by atoms with Crippen molar-refractivity contribution in [2.45, 2.75) is 33.6 Å². The van der Waals surface area contributed by atoms with Crippen molar-refractivity contribution in [3.05, 3.63) is 69.8 Å². The average Bonchev–Trinajstić information content (AvgIpc) is 2.43. The zero-order valence-corrected chi connectivity index (χ0v) is 13.1. The maximum absolute atomic E-state index is 12.4. The molecule has 2 rings (SSSR count). The molecule has 2 nitrogen and oxygen atoms in total. The standard InChI is InChI=1S/C19H23NO/c1-13-10-14(2)18(15(3)11-13)12-19(21)17-6-4-16(5-7-17)8-9-20/h4-7,10-11H,8-9,12,20H2,1-3H3. The Labute approximate surface area is 127 Å². The Balaban J connectivity index is 2.18. The lowest BCUT2D eigenvalue weighted by Crippen LogP contribution is -2.07. The summed E-state index contributed by atoms with van der Waals surface area (Å²) in [4.78, 5) is 12.4. The van der Waals surface area contributed by atoms with E-state index in [0.29, 0.717) is 13.0 Å². The summed E-state index contributed by atoms with van der Waals surface area (Å²) in [7, 11) is 0. The molecule has 0 radical (unpaired) electrons. The molecule has 0 amide bonds. The number of benzene rings is 2. The Hall–Kier alpha value is -1.93. The van der Waals surface area contributed by atoms with Crippen LogP contribution in [0.1, 0.15) is 38.2 Å². The number of nitrogens with two attached hydrogens (primary N) is 1. The van der Waals surface area contributed by atoms with Crippen LogP contribution in [0.2, 0.25) is 0 Å². The van der Waals surface area contributed by atoms with Gasteiger partial charge in [0.2, 0.25) is 0 Å². The van der Waals surface area contributed by atoms with Crippen molar-refractivity contribution in [2.75, 3.05) is 6.54 Å². The summed E-state index contributed by atoms with van der Waals surface area (Å²) >= 11 is 0. The molecule has 0 saturated carbocycles. The van der Waals surface area contributed by atoms with E-state index in [0.717, 1.165) is 17.5 Å².